The highest BCUT2D eigenvalue weighted by atomic mass is 19.1. The summed E-state index contributed by atoms with van der Waals surface area (Å²) < 4.78 is 15.3. The molecule has 1 aliphatic rings. The first-order valence-corrected chi connectivity index (χ1v) is 7.99. The van der Waals surface area contributed by atoms with Gasteiger partial charge in [-0.05, 0) is 56.8 Å². The molecule has 1 fully saturated rings. The molecule has 2 atom stereocenters. The predicted octanol–water partition coefficient (Wildman–Crippen LogP) is 3.11. The van der Waals surface area contributed by atoms with Crippen molar-refractivity contribution in [1.82, 2.24) is 19.7 Å². The Hall–Kier alpha value is -1.75. The Morgan fingerprint density at radius 2 is 2.27 bits per heavy atom. The smallest absolute Gasteiger partial charge is 0.149 e. The van der Waals surface area contributed by atoms with Crippen LogP contribution in [0.3, 0.4) is 0 Å². The standard InChI is InChI=1S/C17H23FN4/c1-13(8-9-14-5-3-6-15(18)11-14)22-10-4-7-16(22)17-20-19-12-21(17)2/h3,5-6,11-13,16H,4,7-10H2,1-2H3/t13-,16-/m1/s1. The van der Waals surface area contributed by atoms with Gasteiger partial charge in [0.1, 0.15) is 18.0 Å². The Labute approximate surface area is 131 Å². The predicted molar refractivity (Wildman–Crippen MR) is 83.9 cm³/mol. The molecule has 2 aromatic rings. The van der Waals surface area contributed by atoms with Gasteiger partial charge in [0, 0.05) is 13.1 Å². The van der Waals surface area contributed by atoms with Crippen molar-refractivity contribution in [1.29, 1.82) is 0 Å². The molecule has 0 spiro atoms. The Balaban J connectivity index is 1.64. The van der Waals surface area contributed by atoms with E-state index in [4.69, 9.17) is 0 Å². The molecule has 5 heteroatoms. The summed E-state index contributed by atoms with van der Waals surface area (Å²) in [4.78, 5) is 2.52. The molecule has 4 nitrogen and oxygen atoms in total. The van der Waals surface area contributed by atoms with Crippen molar-refractivity contribution in [3.63, 3.8) is 0 Å². The van der Waals surface area contributed by atoms with E-state index >= 15 is 0 Å². The lowest BCUT2D eigenvalue weighted by atomic mass is 10.0. The number of benzene rings is 1. The summed E-state index contributed by atoms with van der Waals surface area (Å²) in [5, 5.41) is 8.29. The maximum atomic E-state index is 13.3. The first-order valence-electron chi connectivity index (χ1n) is 7.99. The second kappa shape index (κ2) is 6.57. The number of aryl methyl sites for hydroxylation is 2. The minimum atomic E-state index is -0.150. The summed E-state index contributed by atoms with van der Waals surface area (Å²) in [6.45, 7) is 3.36. The monoisotopic (exact) mass is 302 g/mol. The quantitative estimate of drug-likeness (QED) is 0.851. The molecule has 3 rings (SSSR count). The summed E-state index contributed by atoms with van der Waals surface area (Å²) in [7, 11) is 2.00. The van der Waals surface area contributed by atoms with Gasteiger partial charge in [0.05, 0.1) is 6.04 Å². The second-order valence-corrected chi connectivity index (χ2v) is 6.21. The molecular weight excluding hydrogens is 279 g/mol. The van der Waals surface area contributed by atoms with Gasteiger partial charge in [-0.1, -0.05) is 12.1 Å². The zero-order valence-corrected chi connectivity index (χ0v) is 13.2. The average molecular weight is 302 g/mol. The first-order chi connectivity index (χ1) is 10.6. The van der Waals surface area contributed by atoms with E-state index in [-0.39, 0.29) is 5.82 Å². The molecule has 1 saturated heterocycles. The molecule has 22 heavy (non-hydrogen) atoms. The van der Waals surface area contributed by atoms with Crippen LogP contribution in [0, 0.1) is 5.82 Å². The van der Waals surface area contributed by atoms with Crippen molar-refractivity contribution in [3.8, 4) is 0 Å². The minimum absolute atomic E-state index is 0.150. The van der Waals surface area contributed by atoms with Crippen LogP contribution in [0.5, 0.6) is 0 Å². The van der Waals surface area contributed by atoms with E-state index in [0.29, 0.717) is 12.1 Å². The Morgan fingerprint density at radius 3 is 3.00 bits per heavy atom. The zero-order chi connectivity index (χ0) is 15.5. The number of halogens is 1. The molecule has 0 amide bonds. The Morgan fingerprint density at radius 1 is 1.41 bits per heavy atom. The van der Waals surface area contributed by atoms with Crippen LogP contribution in [0.4, 0.5) is 4.39 Å². The summed E-state index contributed by atoms with van der Waals surface area (Å²) in [5.41, 5.74) is 1.07. The number of rotatable bonds is 5. The fraction of sp³-hybridized carbons (Fsp3) is 0.529. The SMILES string of the molecule is C[C@H](CCc1cccc(F)c1)N1CCC[C@@H]1c1nncn1C. The number of hydrogen-bond donors (Lipinski definition) is 0. The number of likely N-dealkylation sites (tertiary alicyclic amines) is 1. The average Bonchev–Trinajstić information content (AvgIpc) is 3.13. The highest BCUT2D eigenvalue weighted by molar-refractivity contribution is 5.16. The maximum absolute atomic E-state index is 13.3. The summed E-state index contributed by atoms with van der Waals surface area (Å²) in [6.07, 6.45) is 6.03. The molecule has 0 aliphatic carbocycles. The largest absolute Gasteiger partial charge is 0.319 e. The number of aromatic nitrogens is 3. The lowest BCUT2D eigenvalue weighted by molar-refractivity contribution is 0.175. The Bertz CT molecular complexity index is 625. The van der Waals surface area contributed by atoms with Crippen LogP contribution in [-0.4, -0.2) is 32.3 Å². The van der Waals surface area contributed by atoms with Gasteiger partial charge in [-0.25, -0.2) is 4.39 Å². The van der Waals surface area contributed by atoms with E-state index in [1.54, 1.807) is 18.5 Å². The van der Waals surface area contributed by atoms with Gasteiger partial charge in [0.2, 0.25) is 0 Å². The van der Waals surface area contributed by atoms with Crippen LogP contribution in [0.15, 0.2) is 30.6 Å². The molecular formula is C17H23FN4. The first kappa shape index (κ1) is 15.2. The summed E-state index contributed by atoms with van der Waals surface area (Å²) in [6, 6.07) is 7.73. The molecule has 1 aromatic heterocycles. The normalized spacial score (nSPS) is 20.4. The fourth-order valence-electron chi connectivity index (χ4n) is 3.42. The van der Waals surface area contributed by atoms with Crippen LogP contribution in [-0.2, 0) is 13.5 Å². The third-order valence-electron chi connectivity index (χ3n) is 4.64. The molecule has 0 N–H and O–H groups in total. The van der Waals surface area contributed by atoms with Crippen LogP contribution in [0.25, 0.3) is 0 Å². The molecule has 1 aliphatic heterocycles. The number of nitrogens with zero attached hydrogens (tertiary/aromatic N) is 4. The van der Waals surface area contributed by atoms with Crippen LogP contribution < -0.4 is 0 Å². The molecule has 0 bridgehead atoms. The van der Waals surface area contributed by atoms with E-state index in [1.807, 2.05) is 17.7 Å². The molecule has 118 valence electrons. The van der Waals surface area contributed by atoms with Crippen molar-refractivity contribution >= 4 is 0 Å². The van der Waals surface area contributed by atoms with Crippen LogP contribution >= 0.6 is 0 Å². The summed E-state index contributed by atoms with van der Waals surface area (Å²) >= 11 is 0. The zero-order valence-electron chi connectivity index (χ0n) is 13.2. The van der Waals surface area contributed by atoms with Gasteiger partial charge >= 0.3 is 0 Å². The van der Waals surface area contributed by atoms with Crippen LogP contribution in [0.1, 0.15) is 43.6 Å². The lowest BCUT2D eigenvalue weighted by Gasteiger charge is -2.30. The fourth-order valence-corrected chi connectivity index (χ4v) is 3.42. The maximum Gasteiger partial charge on any atom is 0.149 e. The van der Waals surface area contributed by atoms with Crippen molar-refractivity contribution in [3.05, 3.63) is 47.8 Å². The van der Waals surface area contributed by atoms with Gasteiger partial charge in [-0.2, -0.15) is 0 Å². The van der Waals surface area contributed by atoms with Crippen molar-refractivity contribution in [2.75, 3.05) is 6.54 Å². The molecule has 1 aromatic carbocycles. The highest BCUT2D eigenvalue weighted by Gasteiger charge is 2.32. The van der Waals surface area contributed by atoms with E-state index in [2.05, 4.69) is 22.0 Å². The van der Waals surface area contributed by atoms with Crippen molar-refractivity contribution in [2.24, 2.45) is 7.05 Å². The van der Waals surface area contributed by atoms with Crippen molar-refractivity contribution < 1.29 is 4.39 Å². The third kappa shape index (κ3) is 3.19. The van der Waals surface area contributed by atoms with Gasteiger partial charge in [-0.3, -0.25) is 4.90 Å². The highest BCUT2D eigenvalue weighted by Crippen LogP contribution is 2.33. The van der Waals surface area contributed by atoms with Crippen LogP contribution in [0.2, 0.25) is 0 Å². The molecule has 0 radical (unpaired) electrons. The van der Waals surface area contributed by atoms with Gasteiger partial charge < -0.3 is 4.57 Å². The van der Waals surface area contributed by atoms with Gasteiger partial charge in [0.25, 0.3) is 0 Å². The molecule has 0 saturated carbocycles. The van der Waals surface area contributed by atoms with Gasteiger partial charge in [-0.15, -0.1) is 10.2 Å². The summed E-state index contributed by atoms with van der Waals surface area (Å²) in [5.74, 6) is 0.901. The third-order valence-corrected chi connectivity index (χ3v) is 4.64. The topological polar surface area (TPSA) is 34.0 Å². The van der Waals surface area contributed by atoms with Gasteiger partial charge in [0.15, 0.2) is 0 Å². The second-order valence-electron chi connectivity index (χ2n) is 6.21. The van der Waals surface area contributed by atoms with E-state index < -0.39 is 0 Å². The van der Waals surface area contributed by atoms with E-state index in [1.165, 1.54) is 12.5 Å². The molecule has 2 heterocycles. The Kier molecular flexibility index (Phi) is 4.52. The lowest BCUT2D eigenvalue weighted by Crippen LogP contribution is -2.34. The minimum Gasteiger partial charge on any atom is -0.319 e. The number of hydrogen-bond acceptors (Lipinski definition) is 3. The van der Waals surface area contributed by atoms with E-state index in [9.17, 15) is 4.39 Å². The molecule has 0 unspecified atom stereocenters. The van der Waals surface area contributed by atoms with Crippen molar-refractivity contribution in [2.45, 2.75) is 44.7 Å². The van der Waals surface area contributed by atoms with E-state index in [0.717, 1.165) is 37.2 Å².